The summed E-state index contributed by atoms with van der Waals surface area (Å²) in [5, 5.41) is 14.3. The second-order valence-corrected chi connectivity index (χ2v) is 7.98. The van der Waals surface area contributed by atoms with Crippen LogP contribution in [0.25, 0.3) is 0 Å². The van der Waals surface area contributed by atoms with Gasteiger partial charge in [-0.1, -0.05) is 42.4 Å². The van der Waals surface area contributed by atoms with Crippen molar-refractivity contribution >= 4 is 28.8 Å². The Labute approximate surface area is 174 Å². The number of benzene rings is 1. The van der Waals surface area contributed by atoms with E-state index in [1.165, 1.54) is 25.7 Å². The van der Waals surface area contributed by atoms with E-state index in [4.69, 9.17) is 4.74 Å². The molecule has 0 saturated carbocycles. The monoisotopic (exact) mass is 417 g/mol. The van der Waals surface area contributed by atoms with Crippen molar-refractivity contribution in [3.05, 3.63) is 40.3 Å². The SMILES string of the molecule is O=C(COCc1nnc(C(=O)Nc2ccccc2)s1)NCCN1CCCCCC1. The Morgan fingerprint density at radius 3 is 2.59 bits per heavy atom. The maximum atomic E-state index is 12.2. The zero-order chi connectivity index (χ0) is 20.3. The van der Waals surface area contributed by atoms with Gasteiger partial charge in [0.2, 0.25) is 10.9 Å². The molecule has 3 rings (SSSR count). The molecule has 1 aromatic heterocycles. The highest BCUT2D eigenvalue weighted by Crippen LogP contribution is 2.14. The number of carbonyl (C=O) groups excluding carboxylic acids is 2. The molecule has 9 heteroatoms. The molecule has 0 spiro atoms. The molecule has 1 fully saturated rings. The first kappa shape index (κ1) is 21.4. The van der Waals surface area contributed by atoms with Crippen LogP contribution in [-0.2, 0) is 16.1 Å². The van der Waals surface area contributed by atoms with Crippen LogP contribution in [0.2, 0.25) is 0 Å². The number of para-hydroxylation sites is 1. The Morgan fingerprint density at radius 1 is 1.07 bits per heavy atom. The van der Waals surface area contributed by atoms with Gasteiger partial charge in [0.05, 0.1) is 0 Å². The van der Waals surface area contributed by atoms with Crippen molar-refractivity contribution in [2.75, 3.05) is 38.1 Å². The molecule has 0 radical (unpaired) electrons. The van der Waals surface area contributed by atoms with Crippen molar-refractivity contribution in [2.45, 2.75) is 32.3 Å². The first-order chi connectivity index (χ1) is 14.2. The van der Waals surface area contributed by atoms with Crippen molar-refractivity contribution in [2.24, 2.45) is 0 Å². The second kappa shape index (κ2) is 11.6. The third-order valence-electron chi connectivity index (χ3n) is 4.60. The summed E-state index contributed by atoms with van der Waals surface area (Å²) in [5.41, 5.74) is 0.697. The minimum Gasteiger partial charge on any atom is -0.364 e. The lowest BCUT2D eigenvalue weighted by Gasteiger charge is -2.19. The predicted octanol–water partition coefficient (Wildman–Crippen LogP) is 2.30. The van der Waals surface area contributed by atoms with Gasteiger partial charge in [-0.3, -0.25) is 9.59 Å². The molecule has 1 aliphatic heterocycles. The zero-order valence-electron chi connectivity index (χ0n) is 16.4. The average Bonchev–Trinajstić information content (AvgIpc) is 3.05. The Hall–Kier alpha value is -2.36. The third kappa shape index (κ3) is 7.52. The normalized spacial score (nSPS) is 14.9. The molecule has 156 valence electrons. The van der Waals surface area contributed by atoms with Gasteiger partial charge in [-0.25, -0.2) is 0 Å². The molecule has 0 unspecified atom stereocenters. The molecular weight excluding hydrogens is 390 g/mol. The number of rotatable bonds is 9. The summed E-state index contributed by atoms with van der Waals surface area (Å²) in [6.07, 6.45) is 5.09. The van der Waals surface area contributed by atoms with Crippen LogP contribution in [-0.4, -0.2) is 59.7 Å². The number of hydrogen-bond donors (Lipinski definition) is 2. The van der Waals surface area contributed by atoms with Gasteiger partial charge in [-0.05, 0) is 38.1 Å². The Kier molecular flexibility index (Phi) is 8.54. The van der Waals surface area contributed by atoms with Crippen molar-refractivity contribution in [1.29, 1.82) is 0 Å². The van der Waals surface area contributed by atoms with Crippen molar-refractivity contribution < 1.29 is 14.3 Å². The summed E-state index contributed by atoms with van der Waals surface area (Å²) >= 11 is 1.15. The number of aromatic nitrogens is 2. The van der Waals surface area contributed by atoms with Gasteiger partial charge >= 0.3 is 0 Å². The number of anilines is 1. The van der Waals surface area contributed by atoms with Crippen molar-refractivity contribution in [3.63, 3.8) is 0 Å². The van der Waals surface area contributed by atoms with E-state index in [9.17, 15) is 9.59 Å². The van der Waals surface area contributed by atoms with Gasteiger partial charge in [0.15, 0.2) is 0 Å². The second-order valence-electron chi connectivity index (χ2n) is 6.92. The summed E-state index contributed by atoms with van der Waals surface area (Å²) in [4.78, 5) is 26.5. The van der Waals surface area contributed by atoms with Crippen LogP contribution < -0.4 is 10.6 Å². The lowest BCUT2D eigenvalue weighted by Crippen LogP contribution is -2.36. The summed E-state index contributed by atoms with van der Waals surface area (Å²) in [6, 6.07) is 9.16. The van der Waals surface area contributed by atoms with E-state index >= 15 is 0 Å². The maximum absolute atomic E-state index is 12.2. The molecule has 1 aliphatic rings. The van der Waals surface area contributed by atoms with Crippen LogP contribution >= 0.6 is 11.3 Å². The van der Waals surface area contributed by atoms with Crippen LogP contribution in [0, 0.1) is 0 Å². The minimum atomic E-state index is -0.314. The number of amides is 2. The molecule has 0 bridgehead atoms. The number of ether oxygens (including phenoxy) is 1. The minimum absolute atomic E-state index is 0.0366. The number of hydrogen-bond acceptors (Lipinski definition) is 7. The fraction of sp³-hybridized carbons (Fsp3) is 0.500. The fourth-order valence-electron chi connectivity index (χ4n) is 3.11. The van der Waals surface area contributed by atoms with Gasteiger partial charge in [0.1, 0.15) is 18.2 Å². The van der Waals surface area contributed by atoms with E-state index in [0.717, 1.165) is 31.0 Å². The van der Waals surface area contributed by atoms with Crippen molar-refractivity contribution in [1.82, 2.24) is 20.4 Å². The molecule has 0 atom stereocenters. The highest BCUT2D eigenvalue weighted by Gasteiger charge is 2.14. The molecule has 29 heavy (non-hydrogen) atoms. The van der Waals surface area contributed by atoms with Crippen LogP contribution in [0.3, 0.4) is 0 Å². The summed E-state index contributed by atoms with van der Waals surface area (Å²) in [6.45, 7) is 3.85. The van der Waals surface area contributed by atoms with Crippen LogP contribution in [0.1, 0.15) is 40.5 Å². The molecule has 2 N–H and O–H groups in total. The lowest BCUT2D eigenvalue weighted by atomic mass is 10.2. The number of carbonyl (C=O) groups is 2. The number of likely N-dealkylation sites (tertiary alicyclic amines) is 1. The molecule has 2 heterocycles. The van der Waals surface area contributed by atoms with Gasteiger partial charge in [-0.2, -0.15) is 0 Å². The fourth-order valence-corrected chi connectivity index (χ4v) is 3.78. The number of nitrogens with one attached hydrogen (secondary N) is 2. The van der Waals surface area contributed by atoms with Crippen LogP contribution in [0.15, 0.2) is 30.3 Å². The van der Waals surface area contributed by atoms with Gasteiger partial charge in [0.25, 0.3) is 5.91 Å². The average molecular weight is 418 g/mol. The molecule has 8 nitrogen and oxygen atoms in total. The summed E-state index contributed by atoms with van der Waals surface area (Å²) in [7, 11) is 0. The van der Waals surface area contributed by atoms with E-state index in [0.29, 0.717) is 17.2 Å². The first-order valence-corrected chi connectivity index (χ1v) is 10.8. The largest absolute Gasteiger partial charge is 0.364 e. The highest BCUT2D eigenvalue weighted by molar-refractivity contribution is 7.13. The molecule has 2 aromatic rings. The quantitative estimate of drug-likeness (QED) is 0.650. The molecular formula is C20H27N5O3S. The third-order valence-corrected chi connectivity index (χ3v) is 5.50. The van der Waals surface area contributed by atoms with E-state index in [1.807, 2.05) is 18.2 Å². The van der Waals surface area contributed by atoms with Crippen LogP contribution in [0.4, 0.5) is 5.69 Å². The van der Waals surface area contributed by atoms with E-state index in [2.05, 4.69) is 25.7 Å². The standard InChI is InChI=1S/C20H27N5O3S/c26-17(21-10-13-25-11-6-1-2-7-12-25)14-28-15-18-23-24-20(29-18)19(27)22-16-8-4-3-5-9-16/h3-5,8-9H,1-2,6-7,10-15H2,(H,21,26)(H,22,27). The molecule has 0 aliphatic carbocycles. The predicted molar refractivity (Wildman–Crippen MR) is 112 cm³/mol. The Balaban J connectivity index is 1.32. The first-order valence-electron chi connectivity index (χ1n) is 9.96. The van der Waals surface area contributed by atoms with Crippen LogP contribution in [0.5, 0.6) is 0 Å². The van der Waals surface area contributed by atoms with Gasteiger partial charge in [0, 0.05) is 18.8 Å². The van der Waals surface area contributed by atoms with Gasteiger partial charge in [-0.15, -0.1) is 10.2 Å². The molecule has 1 saturated heterocycles. The number of nitrogens with zero attached hydrogens (tertiary/aromatic N) is 3. The topological polar surface area (TPSA) is 96.5 Å². The van der Waals surface area contributed by atoms with E-state index < -0.39 is 0 Å². The Morgan fingerprint density at radius 2 is 1.83 bits per heavy atom. The highest BCUT2D eigenvalue weighted by atomic mass is 32.1. The summed E-state index contributed by atoms with van der Waals surface area (Å²) in [5.74, 6) is -0.461. The van der Waals surface area contributed by atoms with Crippen molar-refractivity contribution in [3.8, 4) is 0 Å². The van der Waals surface area contributed by atoms with E-state index in [-0.39, 0.29) is 30.0 Å². The van der Waals surface area contributed by atoms with E-state index in [1.54, 1.807) is 12.1 Å². The maximum Gasteiger partial charge on any atom is 0.286 e. The summed E-state index contributed by atoms with van der Waals surface area (Å²) < 4.78 is 5.41. The zero-order valence-corrected chi connectivity index (χ0v) is 17.2. The smallest absolute Gasteiger partial charge is 0.286 e. The van der Waals surface area contributed by atoms with Gasteiger partial charge < -0.3 is 20.3 Å². The Bertz CT molecular complexity index is 775. The molecule has 2 amide bonds. The molecule has 1 aromatic carbocycles. The lowest BCUT2D eigenvalue weighted by molar-refractivity contribution is -0.126.